The Kier molecular flexibility index (Phi) is 2.58. The van der Waals surface area contributed by atoms with E-state index in [0.717, 1.165) is 10.8 Å². The largest absolute Gasteiger partial charge is 0.325 e. The third-order valence-corrected chi connectivity index (χ3v) is 2.49. The number of thiophene rings is 1. The normalized spacial score (nSPS) is 12.0. The molecule has 0 atom stereocenters. The molecule has 0 aliphatic rings. The molecule has 11 heavy (non-hydrogen) atoms. The molecule has 1 aromatic rings. The molecule has 1 heterocycles. The van der Waals surface area contributed by atoms with Crippen LogP contribution in [0.2, 0.25) is 4.34 Å². The van der Waals surface area contributed by atoms with Gasteiger partial charge in [0.05, 0.1) is 4.34 Å². The van der Waals surface area contributed by atoms with Gasteiger partial charge in [-0.2, -0.15) is 0 Å². The van der Waals surface area contributed by atoms with Gasteiger partial charge in [-0.05, 0) is 32.4 Å². The van der Waals surface area contributed by atoms with E-state index in [1.54, 1.807) is 11.3 Å². The Morgan fingerprint density at radius 3 is 2.55 bits per heavy atom. The molecule has 62 valence electrons. The van der Waals surface area contributed by atoms with Crippen LogP contribution in [0.15, 0.2) is 12.1 Å². The lowest BCUT2D eigenvalue weighted by Crippen LogP contribution is -2.33. The van der Waals surface area contributed by atoms with Gasteiger partial charge in [-0.1, -0.05) is 11.6 Å². The summed E-state index contributed by atoms with van der Waals surface area (Å²) in [7, 11) is 0. The van der Waals surface area contributed by atoms with E-state index in [1.807, 2.05) is 26.0 Å². The fraction of sp³-hybridized carbons (Fsp3) is 0.500. The summed E-state index contributed by atoms with van der Waals surface area (Å²) in [6, 6.07) is 3.94. The first-order valence-corrected chi connectivity index (χ1v) is 4.70. The average Bonchev–Trinajstić information content (AvgIpc) is 2.10. The van der Waals surface area contributed by atoms with E-state index in [1.165, 1.54) is 4.88 Å². The Morgan fingerprint density at radius 1 is 1.55 bits per heavy atom. The maximum atomic E-state index is 5.84. The lowest BCUT2D eigenvalue weighted by molar-refractivity contribution is 0.521. The van der Waals surface area contributed by atoms with Crippen molar-refractivity contribution in [3.05, 3.63) is 21.3 Å². The molecule has 3 heteroatoms. The van der Waals surface area contributed by atoms with Crippen LogP contribution >= 0.6 is 22.9 Å². The van der Waals surface area contributed by atoms with E-state index < -0.39 is 0 Å². The third kappa shape index (κ3) is 3.23. The Balaban J connectivity index is 2.65. The average molecular weight is 190 g/mol. The SMILES string of the molecule is CC(C)(N)Cc1ccc(Cl)s1. The standard InChI is InChI=1S/C8H12ClNS/c1-8(2,10)5-6-3-4-7(9)11-6/h3-4H,5,10H2,1-2H3. The number of halogens is 1. The van der Waals surface area contributed by atoms with Crippen molar-refractivity contribution in [3.8, 4) is 0 Å². The summed E-state index contributed by atoms with van der Waals surface area (Å²) in [5.74, 6) is 0. The molecule has 0 aliphatic carbocycles. The second-order valence-electron chi connectivity index (χ2n) is 3.37. The van der Waals surface area contributed by atoms with Gasteiger partial charge in [0, 0.05) is 10.4 Å². The summed E-state index contributed by atoms with van der Waals surface area (Å²) in [6.07, 6.45) is 0.893. The zero-order valence-corrected chi connectivity index (χ0v) is 8.30. The van der Waals surface area contributed by atoms with Gasteiger partial charge in [0.1, 0.15) is 0 Å². The molecule has 0 bridgehead atoms. The minimum atomic E-state index is -0.131. The topological polar surface area (TPSA) is 26.0 Å². The zero-order valence-electron chi connectivity index (χ0n) is 6.73. The highest BCUT2D eigenvalue weighted by molar-refractivity contribution is 7.16. The van der Waals surface area contributed by atoms with Crippen LogP contribution in [0.25, 0.3) is 0 Å². The fourth-order valence-corrected chi connectivity index (χ4v) is 2.22. The van der Waals surface area contributed by atoms with Crippen LogP contribution in [0, 0.1) is 0 Å². The van der Waals surface area contributed by atoms with Crippen molar-refractivity contribution >= 4 is 22.9 Å². The molecule has 0 aromatic carbocycles. The molecule has 1 nitrogen and oxygen atoms in total. The molecule has 0 fully saturated rings. The van der Waals surface area contributed by atoms with E-state index in [2.05, 4.69) is 0 Å². The van der Waals surface area contributed by atoms with Gasteiger partial charge in [0.25, 0.3) is 0 Å². The highest BCUT2D eigenvalue weighted by Gasteiger charge is 2.12. The number of hydrogen-bond donors (Lipinski definition) is 1. The molecule has 0 spiro atoms. The van der Waals surface area contributed by atoms with Crippen LogP contribution < -0.4 is 5.73 Å². The van der Waals surface area contributed by atoms with E-state index in [-0.39, 0.29) is 5.54 Å². The zero-order chi connectivity index (χ0) is 8.48. The first-order valence-electron chi connectivity index (χ1n) is 3.50. The molecule has 2 N–H and O–H groups in total. The van der Waals surface area contributed by atoms with Crippen LogP contribution in [-0.2, 0) is 6.42 Å². The Labute approximate surface area is 76.2 Å². The van der Waals surface area contributed by atoms with E-state index in [4.69, 9.17) is 17.3 Å². The predicted octanol–water partition coefficient (Wildman–Crippen LogP) is 2.68. The third-order valence-electron chi connectivity index (χ3n) is 1.26. The summed E-state index contributed by atoms with van der Waals surface area (Å²) in [4.78, 5) is 1.25. The Morgan fingerprint density at radius 2 is 2.18 bits per heavy atom. The van der Waals surface area contributed by atoms with Crippen LogP contribution in [0.5, 0.6) is 0 Å². The first kappa shape index (κ1) is 9.04. The summed E-state index contributed by atoms with van der Waals surface area (Å²) in [6.45, 7) is 4.03. The summed E-state index contributed by atoms with van der Waals surface area (Å²) in [5.41, 5.74) is 5.71. The summed E-state index contributed by atoms with van der Waals surface area (Å²) < 4.78 is 0.837. The number of nitrogens with two attached hydrogens (primary N) is 1. The highest BCUT2D eigenvalue weighted by atomic mass is 35.5. The van der Waals surface area contributed by atoms with Crippen molar-refractivity contribution in [1.29, 1.82) is 0 Å². The first-order chi connectivity index (χ1) is 4.97. The number of rotatable bonds is 2. The van der Waals surface area contributed by atoms with Crippen molar-refractivity contribution in [3.63, 3.8) is 0 Å². The quantitative estimate of drug-likeness (QED) is 0.761. The van der Waals surface area contributed by atoms with Gasteiger partial charge in [-0.25, -0.2) is 0 Å². The van der Waals surface area contributed by atoms with Gasteiger partial charge >= 0.3 is 0 Å². The fourth-order valence-electron chi connectivity index (χ4n) is 0.896. The Bertz CT molecular complexity index is 236. The molecular weight excluding hydrogens is 178 g/mol. The maximum absolute atomic E-state index is 5.84. The molecule has 0 saturated heterocycles. The van der Waals surface area contributed by atoms with E-state index in [9.17, 15) is 0 Å². The van der Waals surface area contributed by atoms with Crippen molar-refractivity contribution in [1.82, 2.24) is 0 Å². The molecule has 1 rings (SSSR count). The Hall–Kier alpha value is -0.0500. The molecule has 1 aromatic heterocycles. The van der Waals surface area contributed by atoms with Gasteiger partial charge in [0.2, 0.25) is 0 Å². The van der Waals surface area contributed by atoms with Crippen molar-refractivity contribution < 1.29 is 0 Å². The smallest absolute Gasteiger partial charge is 0.0931 e. The van der Waals surface area contributed by atoms with Crippen LogP contribution in [-0.4, -0.2) is 5.54 Å². The van der Waals surface area contributed by atoms with Gasteiger partial charge in [-0.3, -0.25) is 0 Å². The lowest BCUT2D eigenvalue weighted by atomic mass is 10.0. The molecule has 0 unspecified atom stereocenters. The van der Waals surface area contributed by atoms with Crippen LogP contribution in [0.1, 0.15) is 18.7 Å². The highest BCUT2D eigenvalue weighted by Crippen LogP contribution is 2.24. The van der Waals surface area contributed by atoms with Crippen molar-refractivity contribution in [2.75, 3.05) is 0 Å². The van der Waals surface area contributed by atoms with Crippen molar-refractivity contribution in [2.24, 2.45) is 5.73 Å². The van der Waals surface area contributed by atoms with Crippen LogP contribution in [0.4, 0.5) is 0 Å². The van der Waals surface area contributed by atoms with E-state index >= 15 is 0 Å². The van der Waals surface area contributed by atoms with Gasteiger partial charge < -0.3 is 5.73 Å². The minimum absolute atomic E-state index is 0.131. The predicted molar refractivity (Wildman–Crippen MR) is 51.3 cm³/mol. The maximum Gasteiger partial charge on any atom is 0.0931 e. The monoisotopic (exact) mass is 189 g/mol. The molecule has 0 aliphatic heterocycles. The minimum Gasteiger partial charge on any atom is -0.325 e. The van der Waals surface area contributed by atoms with Gasteiger partial charge in [-0.15, -0.1) is 11.3 Å². The lowest BCUT2D eigenvalue weighted by Gasteiger charge is -2.16. The number of hydrogen-bond acceptors (Lipinski definition) is 2. The van der Waals surface area contributed by atoms with Crippen molar-refractivity contribution in [2.45, 2.75) is 25.8 Å². The second kappa shape index (κ2) is 3.13. The molecule has 0 amide bonds. The molecule has 0 saturated carbocycles. The second-order valence-corrected chi connectivity index (χ2v) is 5.17. The molecule has 0 radical (unpaired) electrons. The van der Waals surface area contributed by atoms with E-state index in [0.29, 0.717) is 0 Å². The van der Waals surface area contributed by atoms with Gasteiger partial charge in [0.15, 0.2) is 0 Å². The van der Waals surface area contributed by atoms with Crippen LogP contribution in [0.3, 0.4) is 0 Å². The summed E-state index contributed by atoms with van der Waals surface area (Å²) in [5, 5.41) is 0. The summed E-state index contributed by atoms with van der Waals surface area (Å²) >= 11 is 7.37. The molecular formula is C8H12ClNS.